The van der Waals surface area contributed by atoms with Gasteiger partial charge in [0.05, 0.1) is 24.1 Å². The number of urea groups is 1. The van der Waals surface area contributed by atoms with E-state index in [1.807, 2.05) is 31.4 Å². The lowest BCUT2D eigenvalue weighted by Gasteiger charge is -2.31. The van der Waals surface area contributed by atoms with Crippen LogP contribution in [-0.2, 0) is 13.6 Å². The summed E-state index contributed by atoms with van der Waals surface area (Å²) in [6.07, 6.45) is 7.42. The van der Waals surface area contributed by atoms with Gasteiger partial charge in [0.15, 0.2) is 0 Å². The molecule has 2 aromatic rings. The zero-order valence-corrected chi connectivity index (χ0v) is 14.4. The van der Waals surface area contributed by atoms with Crippen molar-refractivity contribution in [3.05, 3.63) is 42.2 Å². The first-order chi connectivity index (χ1) is 11.6. The molecule has 0 unspecified atom stereocenters. The smallest absolute Gasteiger partial charge is 0.321 e. The van der Waals surface area contributed by atoms with Gasteiger partial charge in [-0.1, -0.05) is 12.1 Å². The van der Waals surface area contributed by atoms with Crippen LogP contribution in [0.3, 0.4) is 0 Å². The van der Waals surface area contributed by atoms with Crippen molar-refractivity contribution in [3.8, 4) is 0 Å². The number of piperidine rings is 1. The molecule has 1 fully saturated rings. The molecular formula is C18H25N5O. The molecule has 1 saturated heterocycles. The largest absolute Gasteiger partial charge is 0.370 e. The summed E-state index contributed by atoms with van der Waals surface area (Å²) in [4.78, 5) is 16.6. The molecule has 0 aliphatic carbocycles. The lowest BCUT2D eigenvalue weighted by Crippen LogP contribution is -2.33. The highest BCUT2D eigenvalue weighted by molar-refractivity contribution is 5.93. The third-order valence-electron chi connectivity index (χ3n) is 4.37. The second-order valence-electron chi connectivity index (χ2n) is 6.37. The van der Waals surface area contributed by atoms with Crippen molar-refractivity contribution in [2.75, 3.05) is 30.4 Å². The van der Waals surface area contributed by atoms with Gasteiger partial charge in [-0.05, 0) is 31.4 Å². The normalized spacial score (nSPS) is 14.5. The summed E-state index contributed by atoms with van der Waals surface area (Å²) in [7, 11) is 3.67. The number of hydrogen-bond donors (Lipinski definition) is 1. The fraction of sp³-hybridized carbons (Fsp3) is 0.444. The predicted octanol–water partition coefficient (Wildman–Crippen LogP) is 3.07. The van der Waals surface area contributed by atoms with E-state index >= 15 is 0 Å². The first-order valence-electron chi connectivity index (χ1n) is 8.47. The van der Waals surface area contributed by atoms with Crippen molar-refractivity contribution in [3.63, 3.8) is 0 Å². The van der Waals surface area contributed by atoms with Gasteiger partial charge in [-0.2, -0.15) is 5.10 Å². The zero-order valence-electron chi connectivity index (χ0n) is 14.4. The summed E-state index contributed by atoms with van der Waals surface area (Å²) in [5.41, 5.74) is 3.00. The Bertz CT molecular complexity index is 690. The molecule has 0 radical (unpaired) electrons. The molecule has 0 bridgehead atoms. The lowest BCUT2D eigenvalue weighted by molar-refractivity contribution is 0.220. The maximum Gasteiger partial charge on any atom is 0.321 e. The van der Waals surface area contributed by atoms with E-state index in [4.69, 9.17) is 0 Å². The van der Waals surface area contributed by atoms with Crippen LogP contribution in [0.15, 0.2) is 36.7 Å². The van der Waals surface area contributed by atoms with E-state index in [2.05, 4.69) is 21.4 Å². The molecule has 1 aromatic heterocycles. The average molecular weight is 327 g/mol. The van der Waals surface area contributed by atoms with Crippen LogP contribution >= 0.6 is 0 Å². The summed E-state index contributed by atoms with van der Waals surface area (Å²) in [5.74, 6) is 0. The summed E-state index contributed by atoms with van der Waals surface area (Å²) < 4.78 is 1.74. The first-order valence-corrected chi connectivity index (χ1v) is 8.47. The van der Waals surface area contributed by atoms with Gasteiger partial charge < -0.3 is 15.1 Å². The predicted molar refractivity (Wildman–Crippen MR) is 96.2 cm³/mol. The van der Waals surface area contributed by atoms with Crippen LogP contribution in [0.2, 0.25) is 0 Å². The summed E-state index contributed by atoms with van der Waals surface area (Å²) in [6.45, 7) is 2.64. The number of carbonyl (C=O) groups excluding carboxylic acids is 1. The molecule has 1 aromatic carbocycles. The second kappa shape index (κ2) is 7.38. The minimum absolute atomic E-state index is 0.108. The van der Waals surface area contributed by atoms with E-state index < -0.39 is 0 Å². The van der Waals surface area contributed by atoms with Gasteiger partial charge in [-0.25, -0.2) is 4.79 Å². The minimum atomic E-state index is -0.108. The van der Waals surface area contributed by atoms with Crippen LogP contribution in [0.5, 0.6) is 0 Å². The van der Waals surface area contributed by atoms with Crippen molar-refractivity contribution in [1.82, 2.24) is 14.7 Å². The molecule has 6 heteroatoms. The number of amides is 2. The van der Waals surface area contributed by atoms with Crippen molar-refractivity contribution in [2.45, 2.75) is 25.8 Å². The number of benzene rings is 1. The highest BCUT2D eigenvalue weighted by Gasteiger charge is 2.17. The highest BCUT2D eigenvalue weighted by Crippen LogP contribution is 2.28. The Hall–Kier alpha value is -2.50. The van der Waals surface area contributed by atoms with Gasteiger partial charge in [-0.15, -0.1) is 0 Å². The molecule has 1 N–H and O–H groups in total. The lowest BCUT2D eigenvalue weighted by atomic mass is 10.1. The van der Waals surface area contributed by atoms with E-state index in [-0.39, 0.29) is 6.03 Å². The molecule has 2 amide bonds. The number of rotatable bonds is 4. The summed E-state index contributed by atoms with van der Waals surface area (Å²) in [5, 5.41) is 7.19. The minimum Gasteiger partial charge on any atom is -0.370 e. The number of para-hydroxylation sites is 2. The molecule has 0 atom stereocenters. The van der Waals surface area contributed by atoms with Gasteiger partial charge in [0, 0.05) is 38.9 Å². The Balaban J connectivity index is 1.67. The highest BCUT2D eigenvalue weighted by atomic mass is 16.2. The molecule has 1 aliphatic heterocycles. The fourth-order valence-corrected chi connectivity index (χ4v) is 3.10. The van der Waals surface area contributed by atoms with Gasteiger partial charge in [0.25, 0.3) is 0 Å². The van der Waals surface area contributed by atoms with Crippen molar-refractivity contribution in [1.29, 1.82) is 0 Å². The number of hydrogen-bond acceptors (Lipinski definition) is 3. The third kappa shape index (κ3) is 3.88. The quantitative estimate of drug-likeness (QED) is 0.939. The molecular weight excluding hydrogens is 302 g/mol. The van der Waals surface area contributed by atoms with Crippen molar-refractivity contribution < 1.29 is 4.79 Å². The molecule has 1 aliphatic rings. The monoisotopic (exact) mass is 327 g/mol. The number of nitrogens with one attached hydrogen (secondary N) is 1. The van der Waals surface area contributed by atoms with Crippen LogP contribution in [0.4, 0.5) is 16.2 Å². The molecule has 24 heavy (non-hydrogen) atoms. The zero-order chi connectivity index (χ0) is 16.9. The number of aryl methyl sites for hydroxylation is 1. The van der Waals surface area contributed by atoms with E-state index in [0.717, 1.165) is 30.0 Å². The molecule has 0 saturated carbocycles. The van der Waals surface area contributed by atoms with Crippen LogP contribution < -0.4 is 10.2 Å². The van der Waals surface area contributed by atoms with Gasteiger partial charge in [-0.3, -0.25) is 4.68 Å². The van der Waals surface area contributed by atoms with Gasteiger partial charge >= 0.3 is 6.03 Å². The Morgan fingerprint density at radius 3 is 2.71 bits per heavy atom. The third-order valence-corrected chi connectivity index (χ3v) is 4.37. The number of anilines is 2. The van der Waals surface area contributed by atoms with Crippen molar-refractivity contribution >= 4 is 17.4 Å². The first kappa shape index (κ1) is 16.4. The average Bonchev–Trinajstić information content (AvgIpc) is 3.01. The Morgan fingerprint density at radius 1 is 1.25 bits per heavy atom. The van der Waals surface area contributed by atoms with E-state index in [0.29, 0.717) is 6.54 Å². The topological polar surface area (TPSA) is 53.4 Å². The Labute approximate surface area is 143 Å². The maximum absolute atomic E-state index is 12.5. The van der Waals surface area contributed by atoms with Crippen molar-refractivity contribution in [2.24, 2.45) is 7.05 Å². The molecule has 6 nitrogen and oxygen atoms in total. The molecule has 2 heterocycles. The summed E-state index contributed by atoms with van der Waals surface area (Å²) >= 11 is 0. The van der Waals surface area contributed by atoms with E-state index in [1.165, 1.54) is 19.3 Å². The Morgan fingerprint density at radius 2 is 2.00 bits per heavy atom. The Kier molecular flexibility index (Phi) is 5.03. The van der Waals surface area contributed by atoms with Gasteiger partial charge in [0.2, 0.25) is 0 Å². The summed E-state index contributed by atoms with van der Waals surface area (Å²) in [6, 6.07) is 7.94. The number of aromatic nitrogens is 2. The molecule has 128 valence electrons. The molecule has 3 rings (SSSR count). The van der Waals surface area contributed by atoms with Crippen LogP contribution in [0, 0.1) is 0 Å². The standard InChI is InChI=1S/C18H25N5O/c1-21(13-15-12-19-22(2)14-15)18(24)20-16-8-4-5-9-17(16)23-10-6-3-7-11-23/h4-5,8-9,12,14H,3,6-7,10-11,13H2,1-2H3,(H,20,24). The van der Waals surface area contributed by atoms with Crippen LogP contribution in [0.1, 0.15) is 24.8 Å². The SMILES string of the molecule is CN(Cc1cnn(C)c1)C(=O)Nc1ccccc1N1CCCCC1. The van der Waals surface area contributed by atoms with E-state index in [9.17, 15) is 4.79 Å². The number of nitrogens with zero attached hydrogens (tertiary/aromatic N) is 4. The molecule has 0 spiro atoms. The van der Waals surface area contributed by atoms with Crippen LogP contribution in [-0.4, -0.2) is 40.8 Å². The van der Waals surface area contributed by atoms with E-state index in [1.54, 1.807) is 22.8 Å². The van der Waals surface area contributed by atoms with Crippen LogP contribution in [0.25, 0.3) is 0 Å². The maximum atomic E-state index is 12.5. The number of carbonyl (C=O) groups is 1. The fourth-order valence-electron chi connectivity index (χ4n) is 3.10. The second-order valence-corrected chi connectivity index (χ2v) is 6.37. The van der Waals surface area contributed by atoms with Gasteiger partial charge in [0.1, 0.15) is 0 Å².